The number of thiocarbonyl (C=S) groups is 1. The Bertz CT molecular complexity index is 1280. The van der Waals surface area contributed by atoms with Crippen LogP contribution in [-0.2, 0) is 31.1 Å². The second kappa shape index (κ2) is 9.80. The van der Waals surface area contributed by atoms with Crippen LogP contribution in [0.1, 0.15) is 45.2 Å². The second-order valence-electron chi connectivity index (χ2n) is 10.0. The zero-order valence-corrected chi connectivity index (χ0v) is 21.5. The van der Waals surface area contributed by atoms with Crippen LogP contribution in [0.3, 0.4) is 0 Å². The maximum Gasteiger partial charge on any atom is 0.421 e. The van der Waals surface area contributed by atoms with Gasteiger partial charge in [0.05, 0.1) is 22.8 Å². The average Bonchev–Trinajstić information content (AvgIpc) is 3.07. The van der Waals surface area contributed by atoms with Gasteiger partial charge in [-0.2, -0.15) is 0 Å². The van der Waals surface area contributed by atoms with Gasteiger partial charge in [-0.1, -0.05) is 60.2 Å². The minimum Gasteiger partial charge on any atom is -0.460 e. The van der Waals surface area contributed by atoms with Crippen molar-refractivity contribution in [3.63, 3.8) is 0 Å². The summed E-state index contributed by atoms with van der Waals surface area (Å²) >= 11 is 4.82. The number of carbonyl (C=O) groups excluding carboxylic acids is 3. The van der Waals surface area contributed by atoms with E-state index in [1.54, 1.807) is 51.1 Å². The number of isothiocyanates is 1. The number of carbonyl (C=O) groups is 3. The van der Waals surface area contributed by atoms with E-state index >= 15 is 0 Å². The normalized spacial score (nSPS) is 22.9. The molecule has 2 amide bonds. The molecule has 1 heterocycles. The van der Waals surface area contributed by atoms with Crippen molar-refractivity contribution >= 4 is 41.0 Å². The van der Waals surface area contributed by atoms with Crippen LogP contribution in [0.15, 0.2) is 71.2 Å². The molecule has 0 unspecified atom stereocenters. The highest BCUT2D eigenvalue weighted by molar-refractivity contribution is 7.78. The molecule has 4 rings (SSSR count). The molecule has 0 saturated carbocycles. The van der Waals surface area contributed by atoms with Crippen molar-refractivity contribution in [3.05, 3.63) is 77.4 Å². The highest BCUT2D eigenvalue weighted by Gasteiger charge is 2.61. The molecule has 0 fully saturated rings. The Morgan fingerprint density at radius 1 is 1.14 bits per heavy atom. The lowest BCUT2D eigenvalue weighted by Gasteiger charge is -2.39. The number of para-hydroxylation sites is 1. The van der Waals surface area contributed by atoms with Gasteiger partial charge in [0, 0.05) is 0 Å². The first-order valence-electron chi connectivity index (χ1n) is 11.7. The van der Waals surface area contributed by atoms with Crippen LogP contribution < -0.4 is 4.90 Å². The van der Waals surface area contributed by atoms with E-state index in [1.165, 1.54) is 0 Å². The molecule has 2 aromatic rings. The third-order valence-corrected chi connectivity index (χ3v) is 6.53. The quantitative estimate of drug-likeness (QED) is 0.240. The Balaban J connectivity index is 1.79. The lowest BCUT2D eigenvalue weighted by Crippen LogP contribution is -2.52. The number of amides is 2. The van der Waals surface area contributed by atoms with Crippen LogP contribution in [0, 0.1) is 5.92 Å². The van der Waals surface area contributed by atoms with E-state index in [9.17, 15) is 14.4 Å². The molecule has 0 bridgehead atoms. The van der Waals surface area contributed by atoms with Crippen LogP contribution >= 0.6 is 12.2 Å². The standard InChI is InChI=1S/C28H28N2O5S/c1-18-15-28(21(14-22(18)29-17-36)24(31)35-27(2,3)4)20-12-8-9-13-23(20)30(25(28)32)26(33)34-16-19-10-6-5-7-11-19/h5-13,15,21-22H,14,16H2,1-4H3/t21-,22+,28-/m0/s1. The fourth-order valence-electron chi connectivity index (χ4n) is 4.89. The second-order valence-corrected chi connectivity index (χ2v) is 10.2. The Morgan fingerprint density at radius 3 is 2.47 bits per heavy atom. The number of rotatable bonds is 4. The van der Waals surface area contributed by atoms with Gasteiger partial charge in [0.2, 0.25) is 0 Å². The van der Waals surface area contributed by atoms with Crippen molar-refractivity contribution in [2.75, 3.05) is 4.90 Å². The molecule has 0 aromatic heterocycles. The van der Waals surface area contributed by atoms with Crippen LogP contribution in [0.2, 0.25) is 0 Å². The van der Waals surface area contributed by atoms with E-state index in [0.717, 1.165) is 16.0 Å². The molecule has 36 heavy (non-hydrogen) atoms. The van der Waals surface area contributed by atoms with E-state index in [2.05, 4.69) is 10.2 Å². The molecule has 0 N–H and O–H groups in total. The first-order chi connectivity index (χ1) is 17.1. The Labute approximate surface area is 215 Å². The largest absolute Gasteiger partial charge is 0.460 e. The summed E-state index contributed by atoms with van der Waals surface area (Å²) in [5.74, 6) is -2.03. The summed E-state index contributed by atoms with van der Waals surface area (Å²) in [6, 6.07) is 15.8. The van der Waals surface area contributed by atoms with Crippen LogP contribution in [0.4, 0.5) is 10.5 Å². The summed E-state index contributed by atoms with van der Waals surface area (Å²) in [5.41, 5.74) is 0.271. The first kappa shape index (κ1) is 25.5. The maximum absolute atomic E-state index is 14.2. The number of hydrogen-bond donors (Lipinski definition) is 0. The topological polar surface area (TPSA) is 85.3 Å². The predicted molar refractivity (Wildman–Crippen MR) is 139 cm³/mol. The zero-order chi connectivity index (χ0) is 26.1. The summed E-state index contributed by atoms with van der Waals surface area (Å²) in [4.78, 5) is 46.3. The third-order valence-electron chi connectivity index (χ3n) is 6.42. The summed E-state index contributed by atoms with van der Waals surface area (Å²) in [5, 5.41) is 2.39. The van der Waals surface area contributed by atoms with Gasteiger partial charge in [0.15, 0.2) is 0 Å². The van der Waals surface area contributed by atoms with E-state index in [-0.39, 0.29) is 13.0 Å². The summed E-state index contributed by atoms with van der Waals surface area (Å²) < 4.78 is 11.3. The molecule has 0 radical (unpaired) electrons. The Morgan fingerprint density at radius 2 is 1.81 bits per heavy atom. The van der Waals surface area contributed by atoms with Crippen molar-refractivity contribution in [2.45, 2.75) is 57.8 Å². The van der Waals surface area contributed by atoms with Crippen molar-refractivity contribution < 1.29 is 23.9 Å². The lowest BCUT2D eigenvalue weighted by atomic mass is 9.63. The summed E-state index contributed by atoms with van der Waals surface area (Å²) in [6.45, 7) is 7.15. The van der Waals surface area contributed by atoms with E-state index < -0.39 is 40.9 Å². The van der Waals surface area contributed by atoms with Crippen LogP contribution in [0.5, 0.6) is 0 Å². The number of nitrogens with zero attached hydrogens (tertiary/aromatic N) is 2. The van der Waals surface area contributed by atoms with Gasteiger partial charge in [-0.25, -0.2) is 14.7 Å². The molecule has 0 saturated heterocycles. The molecule has 1 aliphatic carbocycles. The number of ether oxygens (including phenoxy) is 2. The molecule has 2 aliphatic rings. The van der Waals surface area contributed by atoms with Crippen molar-refractivity contribution in [3.8, 4) is 0 Å². The SMILES string of the molecule is CC1=C[C@@]2(C(=O)N(C(=O)OCc3ccccc3)c3ccccc32)[C@H](C(=O)OC(C)(C)C)C[C@H]1N=C=S. The smallest absolute Gasteiger partial charge is 0.421 e. The zero-order valence-electron chi connectivity index (χ0n) is 20.7. The number of anilines is 1. The summed E-state index contributed by atoms with van der Waals surface area (Å²) in [7, 11) is 0. The van der Waals surface area contributed by atoms with Crippen molar-refractivity contribution in [2.24, 2.45) is 10.9 Å². The average molecular weight is 505 g/mol. The monoisotopic (exact) mass is 504 g/mol. The lowest BCUT2D eigenvalue weighted by molar-refractivity contribution is -0.164. The fraction of sp³-hybridized carbons (Fsp3) is 0.357. The van der Waals surface area contributed by atoms with E-state index in [0.29, 0.717) is 11.3 Å². The number of hydrogen-bond acceptors (Lipinski definition) is 7. The number of esters is 1. The molecule has 8 heteroatoms. The van der Waals surface area contributed by atoms with Gasteiger partial charge in [-0.05, 0) is 63.5 Å². The van der Waals surface area contributed by atoms with Gasteiger partial charge < -0.3 is 9.47 Å². The molecule has 1 aliphatic heterocycles. The highest BCUT2D eigenvalue weighted by atomic mass is 32.1. The van der Waals surface area contributed by atoms with Crippen molar-refractivity contribution in [1.29, 1.82) is 0 Å². The third kappa shape index (κ3) is 4.62. The van der Waals surface area contributed by atoms with E-state index in [1.807, 2.05) is 37.3 Å². The molecule has 7 nitrogen and oxygen atoms in total. The highest BCUT2D eigenvalue weighted by Crippen LogP contribution is 2.52. The van der Waals surface area contributed by atoms with Gasteiger partial charge >= 0.3 is 12.1 Å². The van der Waals surface area contributed by atoms with Gasteiger partial charge in [-0.3, -0.25) is 9.59 Å². The number of fused-ring (bicyclic) bond motifs is 2. The van der Waals surface area contributed by atoms with Crippen LogP contribution in [0.25, 0.3) is 0 Å². The fourth-order valence-corrected chi connectivity index (χ4v) is 5.02. The molecular weight excluding hydrogens is 476 g/mol. The maximum atomic E-state index is 14.2. The van der Waals surface area contributed by atoms with Crippen molar-refractivity contribution in [1.82, 2.24) is 0 Å². The molecule has 1 spiro atoms. The first-order valence-corrected chi connectivity index (χ1v) is 12.1. The summed E-state index contributed by atoms with van der Waals surface area (Å²) in [6.07, 6.45) is 1.12. The Hall–Kier alpha value is -3.61. The predicted octanol–water partition coefficient (Wildman–Crippen LogP) is 5.39. The molecule has 186 valence electrons. The van der Waals surface area contributed by atoms with Gasteiger partial charge in [0.25, 0.3) is 5.91 Å². The molecule has 3 atom stereocenters. The number of aliphatic imine (C=N–C) groups is 1. The Kier molecular flexibility index (Phi) is 6.94. The van der Waals surface area contributed by atoms with E-state index in [4.69, 9.17) is 21.7 Å². The molecule has 2 aromatic carbocycles. The van der Waals surface area contributed by atoms with Gasteiger partial charge in [0.1, 0.15) is 17.6 Å². The minimum atomic E-state index is -1.44. The van der Waals surface area contributed by atoms with Gasteiger partial charge in [-0.15, -0.1) is 0 Å². The minimum absolute atomic E-state index is 0.00837. The number of imide groups is 1. The van der Waals surface area contributed by atoms with Crippen LogP contribution in [-0.4, -0.2) is 34.8 Å². The molecular formula is C28H28N2O5S. The number of benzene rings is 2.